The monoisotopic (exact) mass is 405 g/mol. The second-order valence-electron chi connectivity index (χ2n) is 8.55. The van der Waals surface area contributed by atoms with Crippen LogP contribution in [0.3, 0.4) is 0 Å². The fraction of sp³-hybridized carbons (Fsp3) is 0.480. The van der Waals surface area contributed by atoms with Crippen molar-refractivity contribution in [3.8, 4) is 0 Å². The fourth-order valence-corrected chi connectivity index (χ4v) is 4.45. The highest BCUT2D eigenvalue weighted by Crippen LogP contribution is 2.36. The van der Waals surface area contributed by atoms with E-state index in [1.165, 1.54) is 5.56 Å². The maximum absolute atomic E-state index is 13.4. The number of benzene rings is 1. The Bertz CT molecular complexity index is 843. The van der Waals surface area contributed by atoms with Gasteiger partial charge in [0.1, 0.15) is 0 Å². The molecule has 1 aromatic heterocycles. The molecule has 158 valence electrons. The van der Waals surface area contributed by atoms with Gasteiger partial charge in [-0.3, -0.25) is 14.6 Å². The van der Waals surface area contributed by atoms with Gasteiger partial charge in [0.15, 0.2) is 0 Å². The Morgan fingerprint density at radius 2 is 1.73 bits per heavy atom. The molecule has 1 atom stereocenters. The van der Waals surface area contributed by atoms with Crippen molar-refractivity contribution in [2.24, 2.45) is 5.92 Å². The van der Waals surface area contributed by atoms with Crippen molar-refractivity contribution in [1.29, 1.82) is 0 Å². The second kappa shape index (κ2) is 9.41. The fourth-order valence-electron chi connectivity index (χ4n) is 4.45. The lowest BCUT2D eigenvalue weighted by Crippen LogP contribution is -2.46. The van der Waals surface area contributed by atoms with Crippen molar-refractivity contribution in [3.05, 3.63) is 66.0 Å². The molecule has 1 aliphatic carbocycles. The third-order valence-corrected chi connectivity index (χ3v) is 6.40. The average molecular weight is 406 g/mol. The van der Waals surface area contributed by atoms with E-state index >= 15 is 0 Å². The Morgan fingerprint density at radius 3 is 2.37 bits per heavy atom. The zero-order valence-electron chi connectivity index (χ0n) is 17.7. The molecular weight excluding hydrogens is 374 g/mol. The number of hydrogen-bond donors (Lipinski definition) is 0. The number of rotatable bonds is 7. The highest BCUT2D eigenvalue weighted by molar-refractivity contribution is 5.81. The number of aromatic nitrogens is 1. The summed E-state index contributed by atoms with van der Waals surface area (Å²) < 4.78 is 0. The molecule has 4 rings (SSSR count). The van der Waals surface area contributed by atoms with Gasteiger partial charge in [-0.2, -0.15) is 0 Å². The molecule has 2 fully saturated rings. The van der Waals surface area contributed by atoms with Gasteiger partial charge in [0.25, 0.3) is 0 Å². The first-order chi connectivity index (χ1) is 14.6. The van der Waals surface area contributed by atoms with Gasteiger partial charge in [0, 0.05) is 37.7 Å². The van der Waals surface area contributed by atoms with Gasteiger partial charge < -0.3 is 9.80 Å². The van der Waals surface area contributed by atoms with Gasteiger partial charge in [-0.15, -0.1) is 0 Å². The summed E-state index contributed by atoms with van der Waals surface area (Å²) in [6, 6.07) is 16.4. The molecule has 0 spiro atoms. The molecule has 30 heavy (non-hydrogen) atoms. The maximum Gasteiger partial charge on any atom is 0.226 e. The molecule has 1 unspecified atom stereocenters. The molecule has 1 aromatic carbocycles. The number of pyridine rings is 1. The molecule has 0 radical (unpaired) electrons. The number of amides is 2. The number of carbonyl (C=O) groups is 2. The van der Waals surface area contributed by atoms with Crippen LogP contribution in [0.2, 0.25) is 0 Å². The largest absolute Gasteiger partial charge is 0.343 e. The SMILES string of the molecule is CC(c1ccccn1)N(C(=O)C1CCN(C(=O)CCc2ccccc2)CC1)C1CC1. The Hall–Kier alpha value is -2.69. The zero-order chi connectivity index (χ0) is 20.9. The predicted molar refractivity (Wildman–Crippen MR) is 117 cm³/mol. The lowest BCUT2D eigenvalue weighted by Gasteiger charge is -2.36. The first kappa shape index (κ1) is 20.6. The summed E-state index contributed by atoms with van der Waals surface area (Å²) in [6.45, 7) is 3.45. The number of carbonyl (C=O) groups excluding carboxylic acids is 2. The molecule has 2 aromatic rings. The van der Waals surface area contributed by atoms with Crippen molar-refractivity contribution in [2.45, 2.75) is 57.5 Å². The van der Waals surface area contributed by atoms with Crippen LogP contribution in [0.1, 0.15) is 56.3 Å². The number of piperidine rings is 1. The van der Waals surface area contributed by atoms with Crippen LogP contribution in [0.4, 0.5) is 0 Å². The van der Waals surface area contributed by atoms with E-state index in [1.54, 1.807) is 6.20 Å². The number of aryl methyl sites for hydroxylation is 1. The van der Waals surface area contributed by atoms with Crippen LogP contribution >= 0.6 is 0 Å². The number of nitrogens with zero attached hydrogens (tertiary/aromatic N) is 3. The Kier molecular flexibility index (Phi) is 6.46. The standard InChI is InChI=1S/C25H31N3O2/c1-19(23-9-5-6-16-26-23)28(22-11-12-22)25(30)21-14-17-27(18-15-21)24(29)13-10-20-7-3-2-4-8-20/h2-9,16,19,21-22H,10-15,17-18H2,1H3. The van der Waals surface area contributed by atoms with Gasteiger partial charge in [0.2, 0.25) is 11.8 Å². The second-order valence-corrected chi connectivity index (χ2v) is 8.55. The average Bonchev–Trinajstić information content (AvgIpc) is 3.64. The van der Waals surface area contributed by atoms with E-state index in [2.05, 4.69) is 28.9 Å². The minimum atomic E-state index is -0.00302. The quantitative estimate of drug-likeness (QED) is 0.699. The van der Waals surface area contributed by atoms with Gasteiger partial charge in [0.05, 0.1) is 11.7 Å². The molecule has 1 aliphatic heterocycles. The third-order valence-electron chi connectivity index (χ3n) is 6.40. The van der Waals surface area contributed by atoms with Crippen molar-refractivity contribution in [3.63, 3.8) is 0 Å². The lowest BCUT2D eigenvalue weighted by atomic mass is 9.94. The van der Waals surface area contributed by atoms with E-state index in [4.69, 9.17) is 0 Å². The van der Waals surface area contributed by atoms with Crippen molar-refractivity contribution >= 4 is 11.8 Å². The van der Waals surface area contributed by atoms with E-state index < -0.39 is 0 Å². The van der Waals surface area contributed by atoms with Gasteiger partial charge in [-0.1, -0.05) is 36.4 Å². The van der Waals surface area contributed by atoms with E-state index in [1.807, 2.05) is 41.3 Å². The van der Waals surface area contributed by atoms with Gasteiger partial charge >= 0.3 is 0 Å². The molecule has 2 aliphatic rings. The first-order valence-electron chi connectivity index (χ1n) is 11.2. The highest BCUT2D eigenvalue weighted by Gasteiger charge is 2.40. The Labute approximate surface area is 179 Å². The minimum absolute atomic E-state index is 0.00302. The van der Waals surface area contributed by atoms with Crippen LogP contribution in [0, 0.1) is 5.92 Å². The van der Waals surface area contributed by atoms with Crippen LogP contribution in [0.15, 0.2) is 54.7 Å². The topological polar surface area (TPSA) is 53.5 Å². The van der Waals surface area contributed by atoms with Crippen molar-refractivity contribution in [2.75, 3.05) is 13.1 Å². The molecule has 5 heteroatoms. The summed E-state index contributed by atoms with van der Waals surface area (Å²) in [5.41, 5.74) is 2.14. The van der Waals surface area contributed by atoms with Crippen LogP contribution < -0.4 is 0 Å². The maximum atomic E-state index is 13.4. The molecule has 2 heterocycles. The highest BCUT2D eigenvalue weighted by atomic mass is 16.2. The van der Waals surface area contributed by atoms with Crippen LogP contribution in [-0.4, -0.2) is 45.7 Å². The third kappa shape index (κ3) is 4.89. The van der Waals surface area contributed by atoms with E-state index in [0.29, 0.717) is 25.6 Å². The number of hydrogen-bond acceptors (Lipinski definition) is 3. The normalized spacial score (nSPS) is 18.1. The van der Waals surface area contributed by atoms with Crippen LogP contribution in [0.25, 0.3) is 0 Å². The Morgan fingerprint density at radius 1 is 1.03 bits per heavy atom. The zero-order valence-corrected chi connectivity index (χ0v) is 17.7. The molecular formula is C25H31N3O2. The van der Waals surface area contributed by atoms with Gasteiger partial charge in [-0.25, -0.2) is 0 Å². The van der Waals surface area contributed by atoms with Crippen molar-refractivity contribution in [1.82, 2.24) is 14.8 Å². The van der Waals surface area contributed by atoms with E-state index in [-0.39, 0.29) is 23.8 Å². The van der Waals surface area contributed by atoms with E-state index in [0.717, 1.165) is 37.8 Å². The summed E-state index contributed by atoms with van der Waals surface area (Å²) in [5, 5.41) is 0. The predicted octanol–water partition coefficient (Wildman–Crippen LogP) is 4.01. The summed E-state index contributed by atoms with van der Waals surface area (Å²) in [6.07, 6.45) is 6.78. The molecule has 0 N–H and O–H groups in total. The Balaban J connectivity index is 1.31. The van der Waals surface area contributed by atoms with Crippen LogP contribution in [-0.2, 0) is 16.0 Å². The summed E-state index contributed by atoms with van der Waals surface area (Å²) in [7, 11) is 0. The minimum Gasteiger partial charge on any atom is -0.343 e. The molecule has 1 saturated heterocycles. The molecule has 1 saturated carbocycles. The smallest absolute Gasteiger partial charge is 0.226 e. The van der Waals surface area contributed by atoms with E-state index in [9.17, 15) is 9.59 Å². The van der Waals surface area contributed by atoms with Crippen molar-refractivity contribution < 1.29 is 9.59 Å². The lowest BCUT2D eigenvalue weighted by molar-refractivity contribution is -0.143. The molecule has 0 bridgehead atoms. The molecule has 2 amide bonds. The summed E-state index contributed by atoms with van der Waals surface area (Å²) in [4.78, 5) is 34.5. The summed E-state index contributed by atoms with van der Waals surface area (Å²) in [5.74, 6) is 0.452. The molecule has 5 nitrogen and oxygen atoms in total. The number of likely N-dealkylation sites (tertiary alicyclic amines) is 1. The van der Waals surface area contributed by atoms with Gasteiger partial charge in [-0.05, 0) is 56.7 Å². The summed E-state index contributed by atoms with van der Waals surface area (Å²) >= 11 is 0. The van der Waals surface area contributed by atoms with Crippen LogP contribution in [0.5, 0.6) is 0 Å². The first-order valence-corrected chi connectivity index (χ1v) is 11.2.